The first kappa shape index (κ1) is 31.1. The SMILES string of the molecule is C=C1c2ccc(C(=O)c3ccc(C(C)=O)c(C(C)=O)c3)cc2C(=O)N1c1ccc(Oc2ccc(C(C)(C)c3ccccc3)cc2)cc1. The maximum atomic E-state index is 13.6. The standard InChI is InChI=1S/C41H33NO5/c1-25-35-21-11-29(39(45)28-12-22-36(26(2)43)37(23-28)27(3)44)24-38(35)40(46)42(25)32-15-19-34(20-16-32)47-33-17-13-31(14-18-33)41(4,5)30-9-7-6-8-10-30/h6-24H,1H2,2-5H3. The highest BCUT2D eigenvalue weighted by molar-refractivity contribution is 6.23. The number of rotatable bonds is 9. The number of Topliss-reactive ketones (excluding diaryl/α,β-unsaturated/α-hetero) is 2. The second-order valence-electron chi connectivity index (χ2n) is 12.2. The third-order valence-electron chi connectivity index (χ3n) is 8.74. The lowest BCUT2D eigenvalue weighted by molar-refractivity contribution is 0.0980. The molecule has 1 aliphatic rings. The fraction of sp³-hybridized carbons (Fsp3) is 0.122. The van der Waals surface area contributed by atoms with Gasteiger partial charge in [0, 0.05) is 38.9 Å². The van der Waals surface area contributed by atoms with Crippen molar-refractivity contribution in [3.63, 3.8) is 0 Å². The zero-order valence-corrected chi connectivity index (χ0v) is 26.7. The number of anilines is 1. The van der Waals surface area contributed by atoms with Gasteiger partial charge in [-0.05, 0) is 79.6 Å². The summed E-state index contributed by atoms with van der Waals surface area (Å²) in [5.41, 5.74) is 5.35. The van der Waals surface area contributed by atoms with Gasteiger partial charge in [-0.3, -0.25) is 24.1 Å². The Balaban J connectivity index is 1.18. The number of carbonyl (C=O) groups excluding carboxylic acids is 4. The van der Waals surface area contributed by atoms with Crippen molar-refractivity contribution < 1.29 is 23.9 Å². The van der Waals surface area contributed by atoms with E-state index in [1.54, 1.807) is 42.5 Å². The van der Waals surface area contributed by atoms with E-state index < -0.39 is 0 Å². The molecule has 0 unspecified atom stereocenters. The molecule has 5 aromatic rings. The summed E-state index contributed by atoms with van der Waals surface area (Å²) in [4.78, 5) is 52.6. The minimum absolute atomic E-state index is 0.154. The van der Waals surface area contributed by atoms with E-state index in [0.29, 0.717) is 39.6 Å². The number of benzene rings is 5. The fourth-order valence-corrected chi connectivity index (χ4v) is 5.96. The number of hydrogen-bond acceptors (Lipinski definition) is 5. The Hall–Kier alpha value is -5.88. The summed E-state index contributed by atoms with van der Waals surface area (Å²) in [6.45, 7) is 11.3. The van der Waals surface area contributed by atoms with Crippen molar-refractivity contribution in [2.24, 2.45) is 0 Å². The first-order valence-electron chi connectivity index (χ1n) is 15.3. The van der Waals surface area contributed by atoms with Gasteiger partial charge in [-0.15, -0.1) is 0 Å². The molecule has 0 saturated carbocycles. The Kier molecular flexibility index (Phi) is 8.04. The average molecular weight is 620 g/mol. The molecular weight excluding hydrogens is 586 g/mol. The molecule has 6 nitrogen and oxygen atoms in total. The lowest BCUT2D eigenvalue weighted by Gasteiger charge is -2.26. The van der Waals surface area contributed by atoms with Crippen LogP contribution in [0.1, 0.15) is 91.4 Å². The van der Waals surface area contributed by atoms with Gasteiger partial charge < -0.3 is 4.74 Å². The number of amides is 1. The molecule has 47 heavy (non-hydrogen) atoms. The van der Waals surface area contributed by atoms with Gasteiger partial charge in [-0.2, -0.15) is 0 Å². The Bertz CT molecular complexity index is 2070. The number of nitrogens with zero attached hydrogens (tertiary/aromatic N) is 1. The van der Waals surface area contributed by atoms with Gasteiger partial charge in [-0.25, -0.2) is 0 Å². The Morgan fingerprint density at radius 2 is 1.19 bits per heavy atom. The molecule has 0 radical (unpaired) electrons. The maximum Gasteiger partial charge on any atom is 0.263 e. The van der Waals surface area contributed by atoms with Crippen LogP contribution < -0.4 is 9.64 Å². The van der Waals surface area contributed by atoms with Gasteiger partial charge in [0.25, 0.3) is 5.91 Å². The number of carbonyl (C=O) groups is 4. The van der Waals surface area contributed by atoms with E-state index in [1.165, 1.54) is 48.1 Å². The Labute approximate surface area is 273 Å². The van der Waals surface area contributed by atoms with Crippen LogP contribution in [0.15, 0.2) is 122 Å². The average Bonchev–Trinajstić information content (AvgIpc) is 3.33. The highest BCUT2D eigenvalue weighted by atomic mass is 16.5. The molecule has 1 aliphatic heterocycles. The van der Waals surface area contributed by atoms with Crippen molar-refractivity contribution in [1.29, 1.82) is 0 Å². The zero-order chi connectivity index (χ0) is 33.5. The second-order valence-corrected chi connectivity index (χ2v) is 12.2. The first-order valence-corrected chi connectivity index (χ1v) is 15.3. The van der Waals surface area contributed by atoms with Crippen LogP contribution in [0.25, 0.3) is 5.70 Å². The lowest BCUT2D eigenvalue weighted by Crippen LogP contribution is -2.21. The van der Waals surface area contributed by atoms with Gasteiger partial charge >= 0.3 is 0 Å². The predicted octanol–water partition coefficient (Wildman–Crippen LogP) is 9.07. The maximum absolute atomic E-state index is 13.6. The number of ether oxygens (including phenoxy) is 1. The molecule has 0 N–H and O–H groups in total. The van der Waals surface area contributed by atoms with Crippen LogP contribution in [-0.2, 0) is 5.41 Å². The van der Waals surface area contributed by atoms with Crippen molar-refractivity contribution in [2.75, 3.05) is 4.90 Å². The van der Waals surface area contributed by atoms with Crippen molar-refractivity contribution in [3.05, 3.63) is 166 Å². The monoisotopic (exact) mass is 619 g/mol. The molecule has 0 fully saturated rings. The van der Waals surface area contributed by atoms with Gasteiger partial charge in [-0.1, -0.05) is 81.1 Å². The largest absolute Gasteiger partial charge is 0.457 e. The topological polar surface area (TPSA) is 80.8 Å². The number of fused-ring (bicyclic) bond motifs is 1. The van der Waals surface area contributed by atoms with Crippen LogP contribution in [0.4, 0.5) is 5.69 Å². The normalized spacial score (nSPS) is 12.6. The molecular formula is C41H33NO5. The van der Waals surface area contributed by atoms with Crippen molar-refractivity contribution in [3.8, 4) is 11.5 Å². The summed E-state index contributed by atoms with van der Waals surface area (Å²) < 4.78 is 6.11. The molecule has 1 heterocycles. The minimum Gasteiger partial charge on any atom is -0.457 e. The summed E-state index contributed by atoms with van der Waals surface area (Å²) >= 11 is 0. The third kappa shape index (κ3) is 5.82. The summed E-state index contributed by atoms with van der Waals surface area (Å²) in [6, 6.07) is 35.0. The van der Waals surface area contributed by atoms with Crippen LogP contribution in [0.2, 0.25) is 0 Å². The molecule has 232 valence electrons. The molecule has 6 rings (SSSR count). The summed E-state index contributed by atoms with van der Waals surface area (Å²) in [6.07, 6.45) is 0. The highest BCUT2D eigenvalue weighted by Crippen LogP contribution is 2.38. The van der Waals surface area contributed by atoms with Gasteiger partial charge in [0.1, 0.15) is 11.5 Å². The van der Waals surface area contributed by atoms with Crippen LogP contribution >= 0.6 is 0 Å². The summed E-state index contributed by atoms with van der Waals surface area (Å²) in [7, 11) is 0. The van der Waals surface area contributed by atoms with Gasteiger partial charge in [0.05, 0.1) is 11.3 Å². The van der Waals surface area contributed by atoms with Crippen LogP contribution in [0.3, 0.4) is 0 Å². The van der Waals surface area contributed by atoms with E-state index in [-0.39, 0.29) is 45.4 Å². The van der Waals surface area contributed by atoms with E-state index in [2.05, 4.69) is 44.7 Å². The summed E-state index contributed by atoms with van der Waals surface area (Å²) in [5, 5.41) is 0. The first-order chi connectivity index (χ1) is 22.5. The highest BCUT2D eigenvalue weighted by Gasteiger charge is 2.33. The quantitative estimate of drug-likeness (QED) is 0.154. The lowest BCUT2D eigenvalue weighted by atomic mass is 9.78. The Morgan fingerprint density at radius 1 is 0.638 bits per heavy atom. The van der Waals surface area contributed by atoms with E-state index in [9.17, 15) is 19.2 Å². The molecule has 0 saturated heterocycles. The molecule has 0 spiro atoms. The van der Waals surface area contributed by atoms with Crippen molar-refractivity contribution in [1.82, 2.24) is 0 Å². The third-order valence-corrected chi connectivity index (χ3v) is 8.74. The van der Waals surface area contributed by atoms with Crippen molar-refractivity contribution in [2.45, 2.75) is 33.1 Å². The van der Waals surface area contributed by atoms with Crippen molar-refractivity contribution >= 4 is 34.6 Å². The van der Waals surface area contributed by atoms with Gasteiger partial charge in [0.15, 0.2) is 17.3 Å². The Morgan fingerprint density at radius 3 is 1.81 bits per heavy atom. The van der Waals surface area contributed by atoms with E-state index in [0.717, 1.165) is 0 Å². The molecule has 5 aromatic carbocycles. The molecule has 6 heteroatoms. The van der Waals surface area contributed by atoms with Gasteiger partial charge in [0.2, 0.25) is 0 Å². The van der Waals surface area contributed by atoms with E-state index >= 15 is 0 Å². The van der Waals surface area contributed by atoms with Crippen LogP contribution in [0, 0.1) is 0 Å². The minimum atomic E-state index is -0.361. The molecule has 0 aliphatic carbocycles. The van der Waals surface area contributed by atoms with E-state index in [4.69, 9.17) is 4.74 Å². The second kappa shape index (κ2) is 12.1. The number of ketones is 3. The van der Waals surface area contributed by atoms with E-state index in [1.807, 2.05) is 30.3 Å². The molecule has 1 amide bonds. The molecule has 0 bridgehead atoms. The fourth-order valence-electron chi connectivity index (χ4n) is 5.96. The summed E-state index contributed by atoms with van der Waals surface area (Å²) in [5.74, 6) is 0.0860. The smallest absolute Gasteiger partial charge is 0.263 e. The van der Waals surface area contributed by atoms with Crippen LogP contribution in [-0.4, -0.2) is 23.3 Å². The molecule has 0 aromatic heterocycles. The molecule has 0 atom stereocenters. The predicted molar refractivity (Wildman–Crippen MR) is 184 cm³/mol. The zero-order valence-electron chi connectivity index (χ0n) is 26.7. The van der Waals surface area contributed by atoms with Crippen LogP contribution in [0.5, 0.6) is 11.5 Å². The number of hydrogen-bond donors (Lipinski definition) is 0.